The summed E-state index contributed by atoms with van der Waals surface area (Å²) in [5.41, 5.74) is 2.27. The molecule has 0 saturated carbocycles. The fourth-order valence-corrected chi connectivity index (χ4v) is 4.51. The van der Waals surface area contributed by atoms with Gasteiger partial charge < -0.3 is 24.6 Å². The van der Waals surface area contributed by atoms with Crippen LogP contribution in [0.4, 0.5) is 11.5 Å². The van der Waals surface area contributed by atoms with Gasteiger partial charge in [0.05, 0.1) is 14.2 Å². The summed E-state index contributed by atoms with van der Waals surface area (Å²) in [5.74, 6) is 0.372. The van der Waals surface area contributed by atoms with Gasteiger partial charge in [-0.05, 0) is 70.4 Å². The quantitative estimate of drug-likeness (QED) is 0.301. The van der Waals surface area contributed by atoms with Crippen LogP contribution in [0.3, 0.4) is 0 Å². The second-order valence-electron chi connectivity index (χ2n) is 10.7. The van der Waals surface area contributed by atoms with Gasteiger partial charge in [-0.3, -0.25) is 19.3 Å². The lowest BCUT2D eigenvalue weighted by Gasteiger charge is -2.35. The molecule has 1 atom stereocenters. The van der Waals surface area contributed by atoms with Gasteiger partial charge in [0.15, 0.2) is 17.3 Å². The molecule has 3 aromatic rings. The van der Waals surface area contributed by atoms with E-state index in [2.05, 4.69) is 15.8 Å². The molecule has 10 nitrogen and oxygen atoms in total. The molecule has 220 valence electrons. The van der Waals surface area contributed by atoms with E-state index in [0.717, 1.165) is 11.1 Å². The predicted octanol–water partition coefficient (Wildman–Crippen LogP) is 5.42. The molecule has 0 spiro atoms. The lowest BCUT2D eigenvalue weighted by molar-refractivity contribution is -0.128. The van der Waals surface area contributed by atoms with Crippen molar-refractivity contribution in [3.05, 3.63) is 64.9 Å². The first-order chi connectivity index (χ1) is 19.4. The lowest BCUT2D eigenvalue weighted by atomic mass is 9.96. The van der Waals surface area contributed by atoms with Crippen LogP contribution in [0.25, 0.3) is 0 Å². The fraction of sp³-hybridized carbons (Fsp3) is 0.419. The van der Waals surface area contributed by atoms with E-state index in [1.165, 1.54) is 19.1 Å². The molecule has 0 aliphatic heterocycles. The van der Waals surface area contributed by atoms with Crippen molar-refractivity contribution < 1.29 is 28.4 Å². The molecule has 2 aromatic carbocycles. The number of ether oxygens (including phenoxy) is 2. The van der Waals surface area contributed by atoms with Crippen molar-refractivity contribution in [2.24, 2.45) is 0 Å². The maximum absolute atomic E-state index is 14.2. The molecular formula is C31H40N4O6. The average molecular weight is 565 g/mol. The molecule has 0 aliphatic carbocycles. The Kier molecular flexibility index (Phi) is 10.2. The summed E-state index contributed by atoms with van der Waals surface area (Å²) in [6.45, 7) is 11.4. The van der Waals surface area contributed by atoms with E-state index >= 15 is 0 Å². The smallest absolute Gasteiger partial charge is 0.248 e. The molecule has 10 heteroatoms. The second-order valence-corrected chi connectivity index (χ2v) is 10.7. The van der Waals surface area contributed by atoms with E-state index in [9.17, 15) is 14.4 Å². The van der Waals surface area contributed by atoms with Crippen LogP contribution < -0.4 is 25.0 Å². The summed E-state index contributed by atoms with van der Waals surface area (Å²) in [4.78, 5) is 42.4. The van der Waals surface area contributed by atoms with E-state index in [4.69, 9.17) is 14.0 Å². The van der Waals surface area contributed by atoms with Crippen LogP contribution >= 0.6 is 0 Å². The number of nitrogens with one attached hydrogen (secondary N) is 2. The van der Waals surface area contributed by atoms with Gasteiger partial charge in [-0.2, -0.15) is 0 Å². The topological polar surface area (TPSA) is 123 Å². The van der Waals surface area contributed by atoms with Crippen molar-refractivity contribution in [1.29, 1.82) is 0 Å². The number of carbonyl (C=O) groups is 3. The Morgan fingerprint density at radius 2 is 1.68 bits per heavy atom. The number of aromatic nitrogens is 1. The molecule has 3 amide bonds. The van der Waals surface area contributed by atoms with Gasteiger partial charge in [0, 0.05) is 35.7 Å². The average Bonchev–Trinajstić information content (AvgIpc) is 3.32. The van der Waals surface area contributed by atoms with Crippen molar-refractivity contribution in [3.63, 3.8) is 0 Å². The Labute approximate surface area is 241 Å². The Bertz CT molecular complexity index is 1380. The molecule has 0 bridgehead atoms. The number of rotatable bonds is 12. The largest absolute Gasteiger partial charge is 0.493 e. The first-order valence-electron chi connectivity index (χ1n) is 13.6. The summed E-state index contributed by atoms with van der Waals surface area (Å²) in [7, 11) is 3.00. The minimum Gasteiger partial charge on any atom is -0.493 e. The SMILES string of the molecule is CCC(C)(C)NC(=O)[C@H](c1cccc(OC)c1OC)N(C(=O)CCC(=O)Nc1cc(C)on1)c1cc(C)cc(C)c1. The van der Waals surface area contributed by atoms with Gasteiger partial charge >= 0.3 is 0 Å². The maximum Gasteiger partial charge on any atom is 0.248 e. The van der Waals surface area contributed by atoms with Gasteiger partial charge in [0.2, 0.25) is 17.7 Å². The summed E-state index contributed by atoms with van der Waals surface area (Å²) >= 11 is 0. The highest BCUT2D eigenvalue weighted by molar-refractivity contribution is 6.03. The van der Waals surface area contributed by atoms with Crippen molar-refractivity contribution in [1.82, 2.24) is 10.5 Å². The van der Waals surface area contributed by atoms with Crippen LogP contribution in [0.5, 0.6) is 11.5 Å². The van der Waals surface area contributed by atoms with Crippen molar-refractivity contribution >= 4 is 29.2 Å². The number of methoxy groups -OCH3 is 2. The Balaban J connectivity index is 2.11. The normalized spacial score (nSPS) is 11.9. The Morgan fingerprint density at radius 1 is 1.00 bits per heavy atom. The van der Waals surface area contributed by atoms with E-state index < -0.39 is 29.3 Å². The highest BCUT2D eigenvalue weighted by Crippen LogP contribution is 2.40. The lowest BCUT2D eigenvalue weighted by Crippen LogP contribution is -2.50. The van der Waals surface area contributed by atoms with Crippen molar-refractivity contribution in [2.75, 3.05) is 24.4 Å². The number of benzene rings is 2. The van der Waals surface area contributed by atoms with E-state index in [1.54, 1.807) is 31.2 Å². The number of carbonyl (C=O) groups excluding carboxylic acids is 3. The monoisotopic (exact) mass is 564 g/mol. The predicted molar refractivity (Wildman–Crippen MR) is 157 cm³/mol. The molecule has 3 rings (SSSR count). The molecular weight excluding hydrogens is 524 g/mol. The van der Waals surface area contributed by atoms with Crippen LogP contribution in [0.1, 0.15) is 68.5 Å². The third-order valence-corrected chi connectivity index (χ3v) is 6.79. The molecule has 0 fully saturated rings. The summed E-state index contributed by atoms with van der Waals surface area (Å²) in [5, 5.41) is 9.51. The number of aryl methyl sites for hydroxylation is 3. The molecule has 1 aromatic heterocycles. The zero-order valence-electron chi connectivity index (χ0n) is 25.1. The van der Waals surface area contributed by atoms with Gasteiger partial charge in [0.1, 0.15) is 11.8 Å². The Hall–Kier alpha value is -4.34. The van der Waals surface area contributed by atoms with Gasteiger partial charge in [-0.1, -0.05) is 30.3 Å². The van der Waals surface area contributed by atoms with Crippen LogP contribution in [0, 0.1) is 20.8 Å². The number of hydrogen-bond acceptors (Lipinski definition) is 7. The first-order valence-corrected chi connectivity index (χ1v) is 13.6. The molecule has 0 saturated heterocycles. The van der Waals surface area contributed by atoms with Gasteiger partial charge in [-0.15, -0.1) is 0 Å². The molecule has 41 heavy (non-hydrogen) atoms. The van der Waals surface area contributed by atoms with Gasteiger partial charge in [-0.25, -0.2) is 0 Å². The highest BCUT2D eigenvalue weighted by Gasteiger charge is 2.37. The second kappa shape index (κ2) is 13.3. The number of hydrogen-bond donors (Lipinski definition) is 2. The number of anilines is 2. The molecule has 2 N–H and O–H groups in total. The Morgan fingerprint density at radius 3 is 2.24 bits per heavy atom. The van der Waals surface area contributed by atoms with Crippen molar-refractivity contribution in [2.45, 2.75) is 72.4 Å². The highest BCUT2D eigenvalue weighted by atomic mass is 16.5. The van der Waals surface area contributed by atoms with E-state index in [0.29, 0.717) is 34.9 Å². The number of para-hydroxylation sites is 1. The standard InChI is InChI=1S/C31H40N4O6/c1-9-31(5,6)33-30(38)28(23-11-10-12-24(39-7)29(23)40-8)35(22-16-19(2)15-20(3)17-22)27(37)14-13-26(36)32-25-18-21(4)41-34-25/h10-12,15-18,28H,9,13-14H2,1-8H3,(H,33,38)(H,32,34,36)/t28-/m0/s1. The minimum atomic E-state index is -1.12. The van der Waals surface area contributed by atoms with Crippen molar-refractivity contribution in [3.8, 4) is 11.5 Å². The summed E-state index contributed by atoms with van der Waals surface area (Å²) in [6, 6.07) is 11.4. The molecule has 0 aliphatic rings. The summed E-state index contributed by atoms with van der Waals surface area (Å²) in [6.07, 6.45) is 0.374. The zero-order chi connectivity index (χ0) is 30.3. The van der Waals surface area contributed by atoms with Crippen LogP contribution in [-0.4, -0.2) is 42.6 Å². The first kappa shape index (κ1) is 31.2. The van der Waals surface area contributed by atoms with Gasteiger partial charge in [0.25, 0.3) is 0 Å². The molecule has 0 unspecified atom stereocenters. The van der Waals surface area contributed by atoms with Crippen LogP contribution in [0.2, 0.25) is 0 Å². The maximum atomic E-state index is 14.2. The summed E-state index contributed by atoms with van der Waals surface area (Å²) < 4.78 is 16.2. The third kappa shape index (κ3) is 7.87. The molecule has 1 heterocycles. The van der Waals surface area contributed by atoms with E-state index in [1.807, 2.05) is 52.8 Å². The minimum absolute atomic E-state index is 0.129. The van der Waals surface area contributed by atoms with E-state index in [-0.39, 0.29) is 18.7 Å². The molecule has 0 radical (unpaired) electrons. The van der Waals surface area contributed by atoms with Crippen LogP contribution in [0.15, 0.2) is 47.0 Å². The third-order valence-electron chi connectivity index (χ3n) is 6.79. The van der Waals surface area contributed by atoms with Crippen LogP contribution in [-0.2, 0) is 14.4 Å². The number of nitrogens with zero attached hydrogens (tertiary/aromatic N) is 2. The number of amides is 3. The zero-order valence-corrected chi connectivity index (χ0v) is 25.1. The fourth-order valence-electron chi connectivity index (χ4n) is 4.51.